The molecule has 15 heteroatoms. The number of fused-ring (bicyclic) bond motifs is 1. The van der Waals surface area contributed by atoms with Crippen molar-refractivity contribution in [1.29, 1.82) is 0 Å². The molecule has 0 saturated heterocycles. The van der Waals surface area contributed by atoms with Gasteiger partial charge in [-0.3, -0.25) is 9.59 Å². The number of alkyl halides is 2. The number of aromatic nitrogens is 3. The number of nitrogens with zero attached hydrogens (tertiary/aromatic N) is 4. The summed E-state index contributed by atoms with van der Waals surface area (Å²) >= 11 is 3.85. The predicted molar refractivity (Wildman–Crippen MR) is 141 cm³/mol. The lowest BCUT2D eigenvalue weighted by Crippen LogP contribution is -2.16. The number of pyridine rings is 1. The van der Waals surface area contributed by atoms with Crippen molar-refractivity contribution in [1.82, 2.24) is 14.8 Å². The first kappa shape index (κ1) is 26.1. The summed E-state index contributed by atoms with van der Waals surface area (Å²) in [4.78, 5) is 39.8. The van der Waals surface area contributed by atoms with E-state index in [-0.39, 0.29) is 49.1 Å². The second-order valence-corrected chi connectivity index (χ2v) is 9.94. The van der Waals surface area contributed by atoms with Crippen LogP contribution >= 0.6 is 27.3 Å². The second kappa shape index (κ2) is 10.3. The maximum absolute atomic E-state index is 13.6. The molecule has 5 aromatic rings. The first-order valence-electron chi connectivity index (χ1n) is 11.0. The van der Waals surface area contributed by atoms with Crippen LogP contribution in [0, 0.1) is 10.1 Å². The summed E-state index contributed by atoms with van der Waals surface area (Å²) in [7, 11) is 0. The Kier molecular flexibility index (Phi) is 6.93. The molecule has 3 N–H and O–H groups in total. The highest BCUT2D eigenvalue weighted by Gasteiger charge is 2.26. The van der Waals surface area contributed by atoms with E-state index in [1.54, 1.807) is 30.3 Å². The van der Waals surface area contributed by atoms with Crippen LogP contribution in [-0.4, -0.2) is 31.5 Å². The van der Waals surface area contributed by atoms with Crippen LogP contribution in [0.4, 0.5) is 20.3 Å². The van der Waals surface area contributed by atoms with Crippen LogP contribution in [0.1, 0.15) is 38.1 Å². The number of hydrogen-bond acceptors (Lipinski definition) is 8. The second-order valence-electron chi connectivity index (χ2n) is 8.09. The van der Waals surface area contributed by atoms with Crippen molar-refractivity contribution in [3.05, 3.63) is 91.4 Å². The first-order valence-corrected chi connectivity index (χ1v) is 12.6. The first-order chi connectivity index (χ1) is 18.6. The molecular formula is C24H15BrF2N6O5S. The minimum atomic E-state index is -2.87. The standard InChI is InChI=1S/C24H15BrF2N6O5S/c25-14-10-32(31-22(14)33(36)37)9-12-6-7-16(38-12)23(35)30-18-17-13(11-4-2-1-3-5-11)8-15(20(26)27)29-24(17)39-19(18)21(28)34/h1-8,10,20H,9H2,(H2,28,34)(H,30,35). The lowest BCUT2D eigenvalue weighted by Gasteiger charge is -2.10. The minimum Gasteiger partial charge on any atom is -0.454 e. The summed E-state index contributed by atoms with van der Waals surface area (Å²) in [6.45, 7) is -0.00782. The van der Waals surface area contributed by atoms with Crippen LogP contribution in [0.3, 0.4) is 0 Å². The molecule has 0 spiro atoms. The molecule has 0 radical (unpaired) electrons. The van der Waals surface area contributed by atoms with Crippen molar-refractivity contribution in [2.45, 2.75) is 13.0 Å². The van der Waals surface area contributed by atoms with Crippen LogP contribution in [-0.2, 0) is 6.54 Å². The summed E-state index contributed by atoms with van der Waals surface area (Å²) < 4.78 is 34.3. The van der Waals surface area contributed by atoms with Gasteiger partial charge in [-0.25, -0.2) is 13.8 Å². The van der Waals surface area contributed by atoms with Gasteiger partial charge in [-0.15, -0.1) is 11.3 Å². The quantitative estimate of drug-likeness (QED) is 0.165. The van der Waals surface area contributed by atoms with Gasteiger partial charge in [-0.05, 0) is 50.2 Å². The van der Waals surface area contributed by atoms with Crippen molar-refractivity contribution in [3.63, 3.8) is 0 Å². The molecule has 0 fully saturated rings. The van der Waals surface area contributed by atoms with Gasteiger partial charge in [0, 0.05) is 5.39 Å². The average molecular weight is 617 g/mol. The normalized spacial score (nSPS) is 11.3. The topological polar surface area (TPSA) is 159 Å². The fourth-order valence-corrected chi connectivity index (χ4v) is 5.35. The molecule has 0 bridgehead atoms. The van der Waals surface area contributed by atoms with Crippen LogP contribution in [0.5, 0.6) is 0 Å². The smallest absolute Gasteiger partial charge is 0.404 e. The Balaban J connectivity index is 1.52. The number of furan rings is 1. The molecule has 0 aliphatic rings. The molecular weight excluding hydrogens is 602 g/mol. The molecule has 0 unspecified atom stereocenters. The highest BCUT2D eigenvalue weighted by atomic mass is 79.9. The zero-order valence-electron chi connectivity index (χ0n) is 19.4. The van der Waals surface area contributed by atoms with Gasteiger partial charge in [0.05, 0.1) is 17.0 Å². The SMILES string of the molecule is NC(=O)c1sc2nc(C(F)F)cc(-c3ccccc3)c2c1NC(=O)c1ccc(Cn2cc(Br)c([N+](=O)[O-])n2)o1. The number of rotatable bonds is 8. The third kappa shape index (κ3) is 5.13. The van der Waals surface area contributed by atoms with Crippen LogP contribution in [0.2, 0.25) is 0 Å². The van der Waals surface area contributed by atoms with Crippen LogP contribution in [0.15, 0.2) is 63.6 Å². The number of anilines is 1. The number of thiophene rings is 1. The molecule has 0 saturated carbocycles. The molecule has 4 heterocycles. The Morgan fingerprint density at radius 2 is 1.97 bits per heavy atom. The van der Waals surface area contributed by atoms with Crippen molar-refractivity contribution in [2.75, 3.05) is 5.32 Å². The van der Waals surface area contributed by atoms with Gasteiger partial charge in [0.15, 0.2) is 5.76 Å². The Morgan fingerprint density at radius 1 is 1.23 bits per heavy atom. The summed E-state index contributed by atoms with van der Waals surface area (Å²) in [6, 6.07) is 12.7. The highest BCUT2D eigenvalue weighted by Crippen LogP contribution is 2.42. The van der Waals surface area contributed by atoms with Crippen LogP contribution < -0.4 is 11.1 Å². The number of nitrogens with two attached hydrogens (primary N) is 1. The Hall–Kier alpha value is -4.50. The lowest BCUT2D eigenvalue weighted by atomic mass is 10.0. The molecule has 1 aromatic carbocycles. The van der Waals surface area contributed by atoms with Crippen LogP contribution in [0.25, 0.3) is 21.3 Å². The molecule has 4 aromatic heterocycles. The number of nitrogens with one attached hydrogen (secondary N) is 1. The Labute approximate surface area is 229 Å². The molecule has 0 aliphatic heterocycles. The minimum absolute atomic E-state index is 0.00782. The van der Waals surface area contributed by atoms with Gasteiger partial charge in [0.2, 0.25) is 0 Å². The van der Waals surface area contributed by atoms with Gasteiger partial charge >= 0.3 is 5.82 Å². The van der Waals surface area contributed by atoms with E-state index < -0.39 is 28.9 Å². The molecule has 11 nitrogen and oxygen atoms in total. The number of hydrogen-bond donors (Lipinski definition) is 2. The number of carbonyl (C=O) groups is 2. The van der Waals surface area contributed by atoms with E-state index in [9.17, 15) is 28.5 Å². The molecule has 0 atom stereocenters. The largest absolute Gasteiger partial charge is 0.454 e. The predicted octanol–water partition coefficient (Wildman–Crippen LogP) is 5.76. The number of primary amides is 1. The van der Waals surface area contributed by atoms with E-state index in [0.29, 0.717) is 11.1 Å². The zero-order chi connectivity index (χ0) is 27.8. The van der Waals surface area contributed by atoms with E-state index in [1.165, 1.54) is 29.1 Å². The molecule has 198 valence electrons. The fraction of sp³-hybridized carbons (Fsp3) is 0.0833. The third-order valence-electron chi connectivity index (χ3n) is 5.53. The number of carbonyl (C=O) groups excluding carboxylic acids is 2. The zero-order valence-corrected chi connectivity index (χ0v) is 21.8. The van der Waals surface area contributed by atoms with Crippen molar-refractivity contribution >= 4 is 60.8 Å². The lowest BCUT2D eigenvalue weighted by molar-refractivity contribution is -0.390. The van der Waals surface area contributed by atoms with Crippen molar-refractivity contribution < 1.29 is 27.7 Å². The van der Waals surface area contributed by atoms with Crippen molar-refractivity contribution in [3.8, 4) is 11.1 Å². The molecule has 5 rings (SSSR count). The fourth-order valence-electron chi connectivity index (χ4n) is 3.88. The summed E-state index contributed by atoms with van der Waals surface area (Å²) in [5, 5.41) is 17.8. The maximum Gasteiger partial charge on any atom is 0.404 e. The number of nitro groups is 1. The highest BCUT2D eigenvalue weighted by molar-refractivity contribution is 9.10. The maximum atomic E-state index is 13.6. The van der Waals surface area contributed by atoms with E-state index in [4.69, 9.17) is 10.2 Å². The molecule has 2 amide bonds. The van der Waals surface area contributed by atoms with E-state index in [2.05, 4.69) is 31.3 Å². The van der Waals surface area contributed by atoms with Gasteiger partial charge in [0.25, 0.3) is 18.2 Å². The van der Waals surface area contributed by atoms with Gasteiger partial charge in [0.1, 0.15) is 32.2 Å². The summed E-state index contributed by atoms with van der Waals surface area (Å²) in [5.41, 5.74) is 5.99. The third-order valence-corrected chi connectivity index (χ3v) is 7.19. The van der Waals surface area contributed by atoms with Gasteiger partial charge < -0.3 is 25.6 Å². The molecule has 0 aliphatic carbocycles. The monoisotopic (exact) mass is 616 g/mol. The van der Waals surface area contributed by atoms with Gasteiger partial charge in [-0.1, -0.05) is 30.3 Å². The Morgan fingerprint density at radius 3 is 2.62 bits per heavy atom. The van der Waals surface area contributed by atoms with E-state index in [0.717, 1.165) is 11.3 Å². The number of halogens is 3. The Bertz CT molecular complexity index is 1750. The van der Waals surface area contributed by atoms with Crippen molar-refractivity contribution in [2.24, 2.45) is 5.73 Å². The van der Waals surface area contributed by atoms with Gasteiger partial charge in [-0.2, -0.15) is 4.68 Å². The molecule has 39 heavy (non-hydrogen) atoms. The number of amides is 2. The van der Waals surface area contributed by atoms with E-state index in [1.807, 2.05) is 0 Å². The number of benzene rings is 1. The summed E-state index contributed by atoms with van der Waals surface area (Å²) in [5.74, 6) is -1.87. The summed E-state index contributed by atoms with van der Waals surface area (Å²) in [6.07, 6.45) is -1.48. The average Bonchev–Trinajstić information content (AvgIpc) is 3.61. The van der Waals surface area contributed by atoms with E-state index >= 15 is 0 Å².